The molecule has 0 heterocycles. The van der Waals surface area contributed by atoms with Gasteiger partial charge in [0.25, 0.3) is 0 Å². The molecular formula is C16H15ClO2. The lowest BCUT2D eigenvalue weighted by molar-refractivity contribution is -0.145. The van der Waals surface area contributed by atoms with Crippen LogP contribution in [-0.2, 0) is 9.53 Å². The summed E-state index contributed by atoms with van der Waals surface area (Å²) in [5.41, 5.74) is 1.16. The second-order valence-electron chi connectivity index (χ2n) is 4.23. The fourth-order valence-electron chi connectivity index (χ4n) is 1.98. The van der Waals surface area contributed by atoms with Crippen LogP contribution in [-0.4, -0.2) is 11.5 Å². The molecule has 2 aromatic rings. The van der Waals surface area contributed by atoms with E-state index in [9.17, 15) is 4.79 Å². The minimum absolute atomic E-state index is 0.333. The number of hydrogen-bond acceptors (Lipinski definition) is 2. The predicted octanol–water partition coefficient (Wildman–Crippen LogP) is 3.95. The Bertz CT molecular complexity index is 483. The molecule has 0 amide bonds. The van der Waals surface area contributed by atoms with Crippen molar-refractivity contribution in [1.29, 1.82) is 0 Å². The molecule has 0 saturated carbocycles. The molecule has 1 unspecified atom stereocenters. The molecular weight excluding hydrogens is 260 g/mol. The molecule has 19 heavy (non-hydrogen) atoms. The van der Waals surface area contributed by atoms with Crippen molar-refractivity contribution in [3.63, 3.8) is 0 Å². The Morgan fingerprint density at radius 3 is 1.74 bits per heavy atom. The summed E-state index contributed by atoms with van der Waals surface area (Å²) in [6.07, 6.45) is 0. The van der Waals surface area contributed by atoms with Crippen LogP contribution in [0.5, 0.6) is 0 Å². The summed E-state index contributed by atoms with van der Waals surface area (Å²) in [5, 5.41) is 0. The van der Waals surface area contributed by atoms with E-state index in [4.69, 9.17) is 16.3 Å². The normalized spacial score (nSPS) is 12.2. The molecule has 0 aliphatic heterocycles. The van der Waals surface area contributed by atoms with E-state index < -0.39 is 11.5 Å². The zero-order valence-corrected chi connectivity index (χ0v) is 11.4. The molecule has 0 aliphatic carbocycles. The number of esters is 1. The SMILES string of the molecule is CC(Cl)OC(=O)C(c1ccccc1)c1ccccc1. The van der Waals surface area contributed by atoms with Crippen molar-refractivity contribution in [3.05, 3.63) is 71.8 Å². The number of ether oxygens (including phenoxy) is 1. The zero-order chi connectivity index (χ0) is 13.7. The van der Waals surface area contributed by atoms with E-state index in [2.05, 4.69) is 0 Å². The van der Waals surface area contributed by atoms with Gasteiger partial charge in [0, 0.05) is 0 Å². The minimum Gasteiger partial charge on any atom is -0.446 e. The lowest BCUT2D eigenvalue weighted by Gasteiger charge is -2.17. The highest BCUT2D eigenvalue weighted by Crippen LogP contribution is 2.26. The van der Waals surface area contributed by atoms with Crippen LogP contribution in [0.3, 0.4) is 0 Å². The third-order valence-electron chi connectivity index (χ3n) is 2.78. The molecule has 3 heteroatoms. The third-order valence-corrected chi connectivity index (χ3v) is 2.87. The molecule has 2 rings (SSSR count). The summed E-state index contributed by atoms with van der Waals surface area (Å²) < 4.78 is 5.15. The van der Waals surface area contributed by atoms with Crippen LogP contribution in [0.15, 0.2) is 60.7 Å². The maximum Gasteiger partial charge on any atom is 0.319 e. The maximum atomic E-state index is 12.2. The largest absolute Gasteiger partial charge is 0.446 e. The Balaban J connectivity index is 2.37. The van der Waals surface area contributed by atoms with Crippen molar-refractivity contribution in [3.8, 4) is 0 Å². The molecule has 1 atom stereocenters. The Morgan fingerprint density at radius 2 is 1.37 bits per heavy atom. The van der Waals surface area contributed by atoms with Gasteiger partial charge in [-0.25, -0.2) is 0 Å². The van der Waals surface area contributed by atoms with Crippen LogP contribution in [0.2, 0.25) is 0 Å². The van der Waals surface area contributed by atoms with Crippen molar-refractivity contribution >= 4 is 17.6 Å². The molecule has 0 aromatic heterocycles. The predicted molar refractivity (Wildman–Crippen MR) is 76.1 cm³/mol. The highest BCUT2D eigenvalue weighted by Gasteiger charge is 2.25. The van der Waals surface area contributed by atoms with Crippen molar-refractivity contribution in [2.45, 2.75) is 18.4 Å². The van der Waals surface area contributed by atoms with Crippen LogP contribution in [0.25, 0.3) is 0 Å². The molecule has 0 fully saturated rings. The highest BCUT2D eigenvalue weighted by atomic mass is 35.5. The molecule has 0 aliphatic rings. The topological polar surface area (TPSA) is 26.3 Å². The number of rotatable bonds is 4. The molecule has 0 radical (unpaired) electrons. The average Bonchev–Trinajstić information content (AvgIpc) is 2.40. The third kappa shape index (κ3) is 3.58. The van der Waals surface area contributed by atoms with Gasteiger partial charge in [0.2, 0.25) is 0 Å². The standard InChI is InChI=1S/C16H15ClO2/c1-12(17)19-16(18)15(13-8-4-2-5-9-13)14-10-6-3-7-11-14/h2-12,15H,1H3. The zero-order valence-electron chi connectivity index (χ0n) is 10.6. The summed E-state index contributed by atoms with van der Waals surface area (Å²) in [6.45, 7) is 1.63. The first-order valence-electron chi connectivity index (χ1n) is 6.13. The first kappa shape index (κ1) is 13.6. The number of hydrogen-bond donors (Lipinski definition) is 0. The number of carbonyl (C=O) groups is 1. The van der Waals surface area contributed by atoms with E-state index in [0.29, 0.717) is 0 Å². The quantitative estimate of drug-likeness (QED) is 0.623. The number of alkyl halides is 1. The van der Waals surface area contributed by atoms with E-state index in [-0.39, 0.29) is 5.97 Å². The van der Waals surface area contributed by atoms with Crippen LogP contribution < -0.4 is 0 Å². The Labute approximate surface area is 118 Å². The van der Waals surface area contributed by atoms with Gasteiger partial charge < -0.3 is 4.74 Å². The smallest absolute Gasteiger partial charge is 0.319 e. The Morgan fingerprint density at radius 1 is 0.947 bits per heavy atom. The highest BCUT2D eigenvalue weighted by molar-refractivity contribution is 6.20. The number of halogens is 1. The summed E-state index contributed by atoms with van der Waals surface area (Å²) in [6, 6.07) is 19.1. The second kappa shape index (κ2) is 6.39. The van der Waals surface area contributed by atoms with Gasteiger partial charge in [0.05, 0.1) is 0 Å². The van der Waals surface area contributed by atoms with Gasteiger partial charge >= 0.3 is 5.97 Å². The van der Waals surface area contributed by atoms with E-state index in [0.717, 1.165) is 11.1 Å². The van der Waals surface area contributed by atoms with Crippen LogP contribution in [0.1, 0.15) is 24.0 Å². The first-order valence-corrected chi connectivity index (χ1v) is 6.56. The van der Waals surface area contributed by atoms with Gasteiger partial charge in [-0.1, -0.05) is 72.3 Å². The van der Waals surface area contributed by atoms with Crippen molar-refractivity contribution in [2.24, 2.45) is 0 Å². The van der Waals surface area contributed by atoms with Crippen LogP contribution in [0.4, 0.5) is 0 Å². The second-order valence-corrected chi connectivity index (χ2v) is 4.85. The Hall–Kier alpha value is -1.80. The van der Waals surface area contributed by atoms with Crippen molar-refractivity contribution < 1.29 is 9.53 Å². The molecule has 0 spiro atoms. The van der Waals surface area contributed by atoms with Gasteiger partial charge in [-0.15, -0.1) is 0 Å². The molecule has 0 N–H and O–H groups in total. The molecule has 0 bridgehead atoms. The van der Waals surface area contributed by atoms with Gasteiger partial charge in [-0.05, 0) is 18.1 Å². The maximum absolute atomic E-state index is 12.2. The van der Waals surface area contributed by atoms with Crippen molar-refractivity contribution in [1.82, 2.24) is 0 Å². The fourth-order valence-corrected chi connectivity index (χ4v) is 2.07. The fraction of sp³-hybridized carbons (Fsp3) is 0.188. The van der Waals surface area contributed by atoms with Gasteiger partial charge in [-0.2, -0.15) is 0 Å². The first-order chi connectivity index (χ1) is 9.18. The lowest BCUT2D eigenvalue weighted by Crippen LogP contribution is -2.19. The molecule has 98 valence electrons. The average molecular weight is 275 g/mol. The monoisotopic (exact) mass is 274 g/mol. The van der Waals surface area contributed by atoms with E-state index in [1.807, 2.05) is 60.7 Å². The van der Waals surface area contributed by atoms with Gasteiger partial charge in [-0.3, -0.25) is 4.79 Å². The molecule has 2 aromatic carbocycles. The van der Waals surface area contributed by atoms with E-state index in [1.54, 1.807) is 6.92 Å². The van der Waals surface area contributed by atoms with Crippen molar-refractivity contribution in [2.75, 3.05) is 0 Å². The molecule has 0 saturated heterocycles. The van der Waals surface area contributed by atoms with E-state index >= 15 is 0 Å². The lowest BCUT2D eigenvalue weighted by atomic mass is 9.91. The molecule has 2 nitrogen and oxygen atoms in total. The van der Waals surface area contributed by atoms with E-state index in [1.165, 1.54) is 0 Å². The number of carbonyl (C=O) groups excluding carboxylic acids is 1. The summed E-state index contributed by atoms with van der Waals surface area (Å²) in [4.78, 5) is 12.2. The summed E-state index contributed by atoms with van der Waals surface area (Å²) >= 11 is 5.75. The minimum atomic E-state index is -0.637. The number of benzene rings is 2. The van der Waals surface area contributed by atoms with Crippen LogP contribution in [0, 0.1) is 0 Å². The summed E-state index contributed by atoms with van der Waals surface area (Å²) in [7, 11) is 0. The summed E-state index contributed by atoms with van der Waals surface area (Å²) in [5.74, 6) is -0.775. The van der Waals surface area contributed by atoms with Crippen LogP contribution >= 0.6 is 11.6 Å². The van der Waals surface area contributed by atoms with Gasteiger partial charge in [0.15, 0.2) is 5.56 Å². The Kier molecular flexibility index (Phi) is 4.58. The van der Waals surface area contributed by atoms with Gasteiger partial charge in [0.1, 0.15) is 5.92 Å².